The molecule has 0 aliphatic heterocycles. The van der Waals surface area contributed by atoms with Crippen molar-refractivity contribution in [3.05, 3.63) is 35.6 Å². The van der Waals surface area contributed by atoms with Crippen LogP contribution in [-0.4, -0.2) is 23.3 Å². The Bertz CT molecular complexity index is 388. The second kappa shape index (κ2) is 5.81. The van der Waals surface area contributed by atoms with E-state index in [0.29, 0.717) is 18.0 Å². The van der Waals surface area contributed by atoms with Gasteiger partial charge in [0.15, 0.2) is 0 Å². The van der Waals surface area contributed by atoms with Crippen molar-refractivity contribution in [3.8, 4) is 0 Å². The lowest BCUT2D eigenvalue weighted by molar-refractivity contribution is 0.159. The summed E-state index contributed by atoms with van der Waals surface area (Å²) in [6.45, 7) is 3.91. The maximum absolute atomic E-state index is 13.1. The lowest BCUT2D eigenvalue weighted by atomic mass is 9.75. The van der Waals surface area contributed by atoms with Crippen LogP contribution in [0.4, 0.5) is 4.39 Å². The van der Waals surface area contributed by atoms with Crippen LogP contribution in [0.15, 0.2) is 24.3 Å². The van der Waals surface area contributed by atoms with Crippen molar-refractivity contribution in [1.29, 1.82) is 0 Å². The summed E-state index contributed by atoms with van der Waals surface area (Å²) >= 11 is 0. The molecule has 3 heteroatoms. The van der Waals surface area contributed by atoms with Crippen molar-refractivity contribution in [1.82, 2.24) is 5.32 Å². The normalized spacial score (nSPS) is 26.4. The first-order valence-electron chi connectivity index (χ1n) is 6.74. The monoisotopic (exact) mass is 251 g/mol. The molecule has 0 radical (unpaired) electrons. The third kappa shape index (κ3) is 3.53. The minimum atomic E-state index is -0.258. The molecule has 0 spiro atoms. The standard InChI is InChI=1S/C15H22FNO/c1-10(6-11(2)18)17-15-8-13(9-15)12-4-3-5-14(16)7-12/h3-5,7,10-11,13,15,17-18H,6,8-9H2,1-2H3. The van der Waals surface area contributed by atoms with Gasteiger partial charge in [-0.2, -0.15) is 0 Å². The van der Waals surface area contributed by atoms with E-state index in [1.807, 2.05) is 13.0 Å². The summed E-state index contributed by atoms with van der Waals surface area (Å²) in [5.41, 5.74) is 1.11. The van der Waals surface area contributed by atoms with Gasteiger partial charge in [-0.05, 0) is 56.7 Å². The summed E-state index contributed by atoms with van der Waals surface area (Å²) in [6.07, 6.45) is 2.65. The maximum Gasteiger partial charge on any atom is 0.123 e. The Morgan fingerprint density at radius 2 is 2.11 bits per heavy atom. The molecule has 0 saturated heterocycles. The SMILES string of the molecule is CC(O)CC(C)NC1CC(c2cccc(F)c2)C1. The Balaban J connectivity index is 1.77. The van der Waals surface area contributed by atoms with Crippen LogP contribution < -0.4 is 5.32 Å². The smallest absolute Gasteiger partial charge is 0.123 e. The minimum absolute atomic E-state index is 0.147. The number of aliphatic hydroxyl groups is 1. The summed E-state index contributed by atoms with van der Waals surface area (Å²) < 4.78 is 13.1. The van der Waals surface area contributed by atoms with E-state index in [2.05, 4.69) is 12.2 Å². The molecule has 1 aromatic rings. The molecular weight excluding hydrogens is 229 g/mol. The Labute approximate surface area is 108 Å². The second-order valence-corrected chi connectivity index (χ2v) is 5.57. The van der Waals surface area contributed by atoms with E-state index < -0.39 is 0 Å². The summed E-state index contributed by atoms with van der Waals surface area (Å²) in [5, 5.41) is 12.8. The highest BCUT2D eigenvalue weighted by molar-refractivity contribution is 5.23. The van der Waals surface area contributed by atoms with Gasteiger partial charge in [-0.15, -0.1) is 0 Å². The number of hydrogen-bond donors (Lipinski definition) is 2. The van der Waals surface area contributed by atoms with E-state index >= 15 is 0 Å². The lowest BCUT2D eigenvalue weighted by Crippen LogP contribution is -2.45. The Morgan fingerprint density at radius 3 is 2.72 bits per heavy atom. The van der Waals surface area contributed by atoms with Crippen LogP contribution in [0.1, 0.15) is 44.6 Å². The van der Waals surface area contributed by atoms with Gasteiger partial charge in [0.05, 0.1) is 6.10 Å². The van der Waals surface area contributed by atoms with Crippen LogP contribution in [0.3, 0.4) is 0 Å². The zero-order chi connectivity index (χ0) is 13.1. The van der Waals surface area contributed by atoms with E-state index in [4.69, 9.17) is 0 Å². The molecule has 1 fully saturated rings. The van der Waals surface area contributed by atoms with Crippen LogP contribution in [0.2, 0.25) is 0 Å². The van der Waals surface area contributed by atoms with Gasteiger partial charge < -0.3 is 10.4 Å². The maximum atomic E-state index is 13.1. The highest BCUT2D eigenvalue weighted by Gasteiger charge is 2.31. The molecule has 1 saturated carbocycles. The van der Waals surface area contributed by atoms with Gasteiger partial charge in [-0.3, -0.25) is 0 Å². The fourth-order valence-corrected chi connectivity index (χ4v) is 2.77. The molecule has 2 unspecified atom stereocenters. The average Bonchev–Trinajstić information content (AvgIpc) is 2.21. The van der Waals surface area contributed by atoms with Crippen molar-refractivity contribution in [2.75, 3.05) is 0 Å². The number of aliphatic hydroxyl groups excluding tert-OH is 1. The first kappa shape index (κ1) is 13.5. The van der Waals surface area contributed by atoms with Crippen LogP contribution >= 0.6 is 0 Å². The number of nitrogens with one attached hydrogen (secondary N) is 1. The zero-order valence-electron chi connectivity index (χ0n) is 11.1. The Morgan fingerprint density at radius 1 is 1.39 bits per heavy atom. The molecule has 0 aromatic heterocycles. The van der Waals surface area contributed by atoms with E-state index in [9.17, 15) is 9.50 Å². The fraction of sp³-hybridized carbons (Fsp3) is 0.600. The summed E-state index contributed by atoms with van der Waals surface area (Å²) in [7, 11) is 0. The predicted octanol–water partition coefficient (Wildman–Crippen LogP) is 2.82. The summed E-state index contributed by atoms with van der Waals surface area (Å²) in [4.78, 5) is 0. The molecule has 1 aromatic carbocycles. The highest BCUT2D eigenvalue weighted by Crippen LogP contribution is 2.37. The molecule has 100 valence electrons. The molecule has 0 heterocycles. The van der Waals surface area contributed by atoms with Crippen molar-refractivity contribution >= 4 is 0 Å². The van der Waals surface area contributed by atoms with Gasteiger partial charge in [0.25, 0.3) is 0 Å². The Hall–Kier alpha value is -0.930. The van der Waals surface area contributed by atoms with Crippen LogP contribution in [0.25, 0.3) is 0 Å². The lowest BCUT2D eigenvalue weighted by Gasteiger charge is -2.38. The highest BCUT2D eigenvalue weighted by atomic mass is 19.1. The van der Waals surface area contributed by atoms with Crippen molar-refractivity contribution in [2.45, 2.75) is 57.2 Å². The van der Waals surface area contributed by atoms with Crippen molar-refractivity contribution in [2.24, 2.45) is 0 Å². The molecule has 0 bridgehead atoms. The third-order valence-electron chi connectivity index (χ3n) is 3.67. The number of benzene rings is 1. The van der Waals surface area contributed by atoms with Gasteiger partial charge in [0.2, 0.25) is 0 Å². The second-order valence-electron chi connectivity index (χ2n) is 5.57. The molecule has 18 heavy (non-hydrogen) atoms. The van der Waals surface area contributed by atoms with E-state index in [0.717, 1.165) is 24.8 Å². The van der Waals surface area contributed by atoms with E-state index in [1.54, 1.807) is 12.1 Å². The van der Waals surface area contributed by atoms with E-state index in [-0.39, 0.29) is 11.9 Å². The first-order chi connectivity index (χ1) is 8.54. The fourth-order valence-electron chi connectivity index (χ4n) is 2.77. The summed E-state index contributed by atoms with van der Waals surface area (Å²) in [5.74, 6) is 0.336. The van der Waals surface area contributed by atoms with Crippen LogP contribution in [0.5, 0.6) is 0 Å². The Kier molecular flexibility index (Phi) is 4.36. The van der Waals surface area contributed by atoms with Crippen molar-refractivity contribution < 1.29 is 9.50 Å². The first-order valence-corrected chi connectivity index (χ1v) is 6.74. The topological polar surface area (TPSA) is 32.3 Å². The van der Waals surface area contributed by atoms with Gasteiger partial charge in [-0.1, -0.05) is 12.1 Å². The predicted molar refractivity (Wildman–Crippen MR) is 71.1 cm³/mol. The molecule has 2 nitrogen and oxygen atoms in total. The quantitative estimate of drug-likeness (QED) is 0.843. The van der Waals surface area contributed by atoms with Crippen LogP contribution in [0, 0.1) is 5.82 Å². The van der Waals surface area contributed by atoms with Gasteiger partial charge in [0.1, 0.15) is 5.82 Å². The van der Waals surface area contributed by atoms with Gasteiger partial charge in [0, 0.05) is 12.1 Å². The molecule has 1 aliphatic rings. The molecule has 2 N–H and O–H groups in total. The molecule has 2 atom stereocenters. The van der Waals surface area contributed by atoms with Gasteiger partial charge >= 0.3 is 0 Å². The molecule has 0 amide bonds. The number of hydrogen-bond acceptors (Lipinski definition) is 2. The van der Waals surface area contributed by atoms with Gasteiger partial charge in [-0.25, -0.2) is 4.39 Å². The van der Waals surface area contributed by atoms with Crippen LogP contribution in [-0.2, 0) is 0 Å². The number of rotatable bonds is 5. The third-order valence-corrected chi connectivity index (χ3v) is 3.67. The van der Waals surface area contributed by atoms with E-state index in [1.165, 1.54) is 6.07 Å². The number of halogens is 1. The molecule has 1 aliphatic carbocycles. The largest absolute Gasteiger partial charge is 0.393 e. The summed E-state index contributed by atoms with van der Waals surface area (Å²) in [6, 6.07) is 7.75. The van der Waals surface area contributed by atoms with Crippen molar-refractivity contribution in [3.63, 3.8) is 0 Å². The molecule has 2 rings (SSSR count). The minimum Gasteiger partial charge on any atom is -0.393 e. The average molecular weight is 251 g/mol. The zero-order valence-corrected chi connectivity index (χ0v) is 11.1. The molecular formula is C15H22FNO.